The van der Waals surface area contributed by atoms with Crippen LogP contribution in [0.25, 0.3) is 0 Å². The van der Waals surface area contributed by atoms with Gasteiger partial charge in [0.2, 0.25) is 5.79 Å². The molecule has 0 aliphatic rings. The predicted molar refractivity (Wildman–Crippen MR) is 71.3 cm³/mol. The SMILES string of the molecule is CCNC(F)(CS)C(=O)N[C@](F)(CS)C(=O)NC. The van der Waals surface area contributed by atoms with Crippen LogP contribution in [0.3, 0.4) is 0 Å². The van der Waals surface area contributed by atoms with E-state index in [1.807, 2.05) is 5.32 Å². The second kappa shape index (κ2) is 7.15. The zero-order valence-corrected chi connectivity index (χ0v) is 11.9. The van der Waals surface area contributed by atoms with Gasteiger partial charge in [-0.05, 0) is 6.54 Å². The van der Waals surface area contributed by atoms with Gasteiger partial charge >= 0.3 is 0 Å². The van der Waals surface area contributed by atoms with Crippen molar-refractivity contribution in [2.24, 2.45) is 0 Å². The van der Waals surface area contributed by atoms with Gasteiger partial charge in [-0.25, -0.2) is 8.78 Å². The predicted octanol–water partition coefficient (Wildman–Crippen LogP) is -0.351. The maximum atomic E-state index is 14.0. The molecule has 0 radical (unpaired) electrons. The highest BCUT2D eigenvalue weighted by Crippen LogP contribution is 2.15. The third-order valence-electron chi connectivity index (χ3n) is 2.15. The lowest BCUT2D eigenvalue weighted by Gasteiger charge is -2.28. The van der Waals surface area contributed by atoms with Crippen molar-refractivity contribution in [1.82, 2.24) is 16.0 Å². The first-order valence-corrected chi connectivity index (χ1v) is 6.45. The van der Waals surface area contributed by atoms with Crippen molar-refractivity contribution >= 4 is 37.1 Å². The highest BCUT2D eigenvalue weighted by Gasteiger charge is 2.45. The first-order chi connectivity index (χ1) is 8.29. The minimum atomic E-state index is -2.77. The van der Waals surface area contributed by atoms with Crippen molar-refractivity contribution < 1.29 is 18.4 Å². The van der Waals surface area contributed by atoms with E-state index in [0.717, 1.165) is 0 Å². The molecule has 0 fully saturated rings. The van der Waals surface area contributed by atoms with E-state index in [2.05, 4.69) is 30.6 Å². The lowest BCUT2D eigenvalue weighted by Crippen LogP contribution is -2.64. The third kappa shape index (κ3) is 3.99. The molecule has 18 heavy (non-hydrogen) atoms. The van der Waals surface area contributed by atoms with Crippen molar-refractivity contribution in [2.45, 2.75) is 18.5 Å². The van der Waals surface area contributed by atoms with Crippen LogP contribution in [0, 0.1) is 0 Å². The standard InChI is InChI=1S/C9H17F2N3O2S2/c1-3-13-8(10,4-17)7(16)14-9(11,5-18)6(15)12-2/h13,17-18H,3-5H2,1-2H3,(H,12,15)(H,14,16)/t8?,9-/m1/s1. The van der Waals surface area contributed by atoms with Crippen molar-refractivity contribution in [3.05, 3.63) is 0 Å². The van der Waals surface area contributed by atoms with Gasteiger partial charge in [0.25, 0.3) is 17.6 Å². The highest BCUT2D eigenvalue weighted by molar-refractivity contribution is 7.80. The molecule has 106 valence electrons. The van der Waals surface area contributed by atoms with E-state index in [1.165, 1.54) is 7.05 Å². The number of alkyl halides is 2. The first kappa shape index (κ1) is 17.5. The second-order valence-electron chi connectivity index (χ2n) is 3.48. The second-order valence-corrected chi connectivity index (χ2v) is 4.11. The molecule has 0 bridgehead atoms. The highest BCUT2D eigenvalue weighted by atomic mass is 32.1. The molecule has 0 aliphatic heterocycles. The average Bonchev–Trinajstić information content (AvgIpc) is 2.37. The molecular weight excluding hydrogens is 284 g/mol. The van der Waals surface area contributed by atoms with E-state index < -0.39 is 34.9 Å². The number of carbonyl (C=O) groups excluding carboxylic acids is 2. The van der Waals surface area contributed by atoms with Crippen LogP contribution in [0.4, 0.5) is 8.78 Å². The van der Waals surface area contributed by atoms with Crippen LogP contribution in [0.5, 0.6) is 0 Å². The van der Waals surface area contributed by atoms with Gasteiger partial charge in [0.1, 0.15) is 0 Å². The number of hydrogen-bond acceptors (Lipinski definition) is 5. The summed E-state index contributed by atoms with van der Waals surface area (Å²) in [5.41, 5.74) is 0. The molecule has 0 heterocycles. The van der Waals surface area contributed by atoms with Crippen LogP contribution in [0.1, 0.15) is 6.92 Å². The van der Waals surface area contributed by atoms with Gasteiger partial charge in [0.15, 0.2) is 0 Å². The van der Waals surface area contributed by atoms with E-state index in [-0.39, 0.29) is 6.54 Å². The molecule has 0 aromatic rings. The first-order valence-electron chi connectivity index (χ1n) is 5.19. The topological polar surface area (TPSA) is 70.2 Å². The van der Waals surface area contributed by atoms with E-state index >= 15 is 0 Å². The number of thiol groups is 2. The summed E-state index contributed by atoms with van der Waals surface area (Å²) >= 11 is 7.32. The van der Waals surface area contributed by atoms with Gasteiger partial charge in [0, 0.05) is 12.8 Å². The van der Waals surface area contributed by atoms with Gasteiger partial charge in [-0.3, -0.25) is 14.9 Å². The summed E-state index contributed by atoms with van der Waals surface area (Å²) in [4.78, 5) is 22.9. The van der Waals surface area contributed by atoms with Crippen LogP contribution in [-0.2, 0) is 9.59 Å². The van der Waals surface area contributed by atoms with Gasteiger partial charge in [0.05, 0.1) is 5.75 Å². The third-order valence-corrected chi connectivity index (χ3v) is 3.02. The van der Waals surface area contributed by atoms with E-state index in [4.69, 9.17) is 0 Å². The normalized spacial score (nSPS) is 17.4. The smallest absolute Gasteiger partial charge is 0.279 e. The zero-order valence-electron chi connectivity index (χ0n) is 10.1. The molecule has 0 saturated carbocycles. The summed E-state index contributed by atoms with van der Waals surface area (Å²) in [6.45, 7) is 1.72. The number of hydrogen-bond donors (Lipinski definition) is 5. The molecule has 1 unspecified atom stereocenters. The summed E-state index contributed by atoms with van der Waals surface area (Å²) in [6, 6.07) is 0. The minimum Gasteiger partial charge on any atom is -0.355 e. The largest absolute Gasteiger partial charge is 0.355 e. The van der Waals surface area contributed by atoms with Gasteiger partial charge in [-0.2, -0.15) is 25.3 Å². The summed E-state index contributed by atoms with van der Waals surface area (Å²) in [7, 11) is 1.19. The van der Waals surface area contributed by atoms with Crippen LogP contribution in [-0.4, -0.2) is 48.5 Å². The van der Waals surface area contributed by atoms with Gasteiger partial charge in [-0.15, -0.1) is 0 Å². The Morgan fingerprint density at radius 1 is 1.11 bits per heavy atom. The Kier molecular flexibility index (Phi) is 6.93. The fourth-order valence-corrected chi connectivity index (χ4v) is 1.61. The fourth-order valence-electron chi connectivity index (χ4n) is 1.13. The van der Waals surface area contributed by atoms with Crippen LogP contribution < -0.4 is 16.0 Å². The minimum absolute atomic E-state index is 0.143. The Hall–Kier alpha value is -0.540. The van der Waals surface area contributed by atoms with Crippen LogP contribution >= 0.6 is 25.3 Å². The Labute approximate surface area is 115 Å². The molecule has 0 saturated heterocycles. The Morgan fingerprint density at radius 2 is 1.61 bits per heavy atom. The number of carbonyl (C=O) groups is 2. The molecule has 9 heteroatoms. The number of rotatable bonds is 7. The number of halogens is 2. The lowest BCUT2D eigenvalue weighted by atomic mass is 10.2. The number of nitrogens with one attached hydrogen (secondary N) is 3. The summed E-state index contributed by atoms with van der Waals surface area (Å²) in [5, 5.41) is 5.95. The van der Waals surface area contributed by atoms with Crippen molar-refractivity contribution in [3.8, 4) is 0 Å². The Bertz CT molecular complexity index is 322. The molecule has 0 aromatic heterocycles. The van der Waals surface area contributed by atoms with Crippen LogP contribution in [0.2, 0.25) is 0 Å². The summed E-state index contributed by atoms with van der Waals surface area (Å²) in [5.74, 6) is -8.85. The van der Waals surface area contributed by atoms with Crippen LogP contribution in [0.15, 0.2) is 0 Å². The Morgan fingerprint density at radius 3 is 1.94 bits per heavy atom. The maximum absolute atomic E-state index is 14.0. The van der Waals surface area contributed by atoms with Crippen molar-refractivity contribution in [2.75, 3.05) is 25.1 Å². The molecule has 0 spiro atoms. The summed E-state index contributed by atoms with van der Waals surface area (Å²) < 4.78 is 28.1. The van der Waals surface area contributed by atoms with Gasteiger partial charge < -0.3 is 10.6 Å². The lowest BCUT2D eigenvalue weighted by molar-refractivity contribution is -0.145. The zero-order chi connectivity index (χ0) is 14.4. The summed E-state index contributed by atoms with van der Waals surface area (Å²) in [6.07, 6.45) is 0. The molecule has 5 nitrogen and oxygen atoms in total. The quantitative estimate of drug-likeness (QED) is 0.330. The molecule has 0 aromatic carbocycles. The van der Waals surface area contributed by atoms with E-state index in [9.17, 15) is 18.4 Å². The molecule has 0 aliphatic carbocycles. The maximum Gasteiger partial charge on any atom is 0.279 e. The van der Waals surface area contributed by atoms with Crippen molar-refractivity contribution in [3.63, 3.8) is 0 Å². The molecule has 0 rings (SSSR count). The van der Waals surface area contributed by atoms with E-state index in [0.29, 0.717) is 0 Å². The van der Waals surface area contributed by atoms with Gasteiger partial charge in [-0.1, -0.05) is 6.92 Å². The molecule has 2 atom stereocenters. The fraction of sp³-hybridized carbons (Fsp3) is 0.778. The monoisotopic (exact) mass is 301 g/mol. The Balaban J connectivity index is 4.95. The number of likely N-dealkylation sites (N-methyl/N-ethyl adjacent to an activating group) is 2. The molecule has 2 amide bonds. The molecular formula is C9H17F2N3O2S2. The number of amides is 2. The average molecular weight is 301 g/mol. The van der Waals surface area contributed by atoms with Crippen molar-refractivity contribution in [1.29, 1.82) is 0 Å². The molecule has 3 N–H and O–H groups in total. The van der Waals surface area contributed by atoms with E-state index in [1.54, 1.807) is 12.2 Å².